The van der Waals surface area contributed by atoms with E-state index in [1.165, 1.54) is 0 Å². The van der Waals surface area contributed by atoms with Gasteiger partial charge in [0, 0.05) is 25.9 Å². The number of hydrogen-bond donors (Lipinski definition) is 0. The quantitative estimate of drug-likeness (QED) is 0.495. The van der Waals surface area contributed by atoms with Crippen LogP contribution in [0, 0.1) is 0 Å². The minimum Gasteiger partial charge on any atom is -0.306 e. The van der Waals surface area contributed by atoms with Crippen molar-refractivity contribution in [3.8, 4) is 0 Å². The lowest BCUT2D eigenvalue weighted by Gasteiger charge is -2.11. The van der Waals surface area contributed by atoms with E-state index in [4.69, 9.17) is 0 Å². The highest BCUT2D eigenvalue weighted by Crippen LogP contribution is 1.85. The van der Waals surface area contributed by atoms with Crippen molar-refractivity contribution in [3.05, 3.63) is 0 Å². The molecule has 10 heavy (non-hydrogen) atoms. The van der Waals surface area contributed by atoms with Gasteiger partial charge in [0.1, 0.15) is 12.6 Å². The predicted molar refractivity (Wildman–Crippen MR) is 38.9 cm³/mol. The van der Waals surface area contributed by atoms with Crippen molar-refractivity contribution in [3.63, 3.8) is 0 Å². The number of nitrogens with zero attached hydrogens (tertiary/aromatic N) is 1. The van der Waals surface area contributed by atoms with E-state index in [-0.39, 0.29) is 0 Å². The van der Waals surface area contributed by atoms with E-state index in [1.807, 2.05) is 11.9 Å². The fourth-order valence-electron chi connectivity index (χ4n) is 0.658. The smallest absolute Gasteiger partial charge is 0.121 e. The zero-order chi connectivity index (χ0) is 7.82. The number of carbonyl (C=O) groups is 2. The molecule has 0 amide bonds. The van der Waals surface area contributed by atoms with Crippen LogP contribution in [0.2, 0.25) is 0 Å². The lowest BCUT2D eigenvalue weighted by molar-refractivity contribution is -0.108. The highest BCUT2D eigenvalue weighted by atomic mass is 16.1. The molecule has 0 N–H and O–H groups in total. The maximum absolute atomic E-state index is 9.89. The van der Waals surface area contributed by atoms with E-state index in [9.17, 15) is 9.59 Å². The molecule has 58 valence electrons. The van der Waals surface area contributed by atoms with Gasteiger partial charge < -0.3 is 14.5 Å². The summed E-state index contributed by atoms with van der Waals surface area (Å²) in [7, 11) is 1.90. The molecule has 3 heteroatoms. The first-order valence-corrected chi connectivity index (χ1v) is 3.37. The lowest BCUT2D eigenvalue weighted by atomic mass is 10.4. The van der Waals surface area contributed by atoms with Gasteiger partial charge in [0.2, 0.25) is 0 Å². The average molecular weight is 143 g/mol. The fourth-order valence-corrected chi connectivity index (χ4v) is 0.658. The van der Waals surface area contributed by atoms with Crippen molar-refractivity contribution in [2.75, 3.05) is 20.1 Å². The summed E-state index contributed by atoms with van der Waals surface area (Å²) in [6.07, 6.45) is 2.87. The normalized spacial score (nSPS) is 9.80. The van der Waals surface area contributed by atoms with Crippen molar-refractivity contribution >= 4 is 12.6 Å². The third-order valence-electron chi connectivity index (χ3n) is 1.26. The zero-order valence-electron chi connectivity index (χ0n) is 6.25. The molecule has 0 unspecified atom stereocenters. The van der Waals surface area contributed by atoms with Crippen LogP contribution in [0.25, 0.3) is 0 Å². The molecule has 0 heterocycles. The van der Waals surface area contributed by atoms with Crippen LogP contribution in [0.1, 0.15) is 12.8 Å². The van der Waals surface area contributed by atoms with Crippen molar-refractivity contribution in [2.45, 2.75) is 12.8 Å². The fraction of sp³-hybridized carbons (Fsp3) is 0.714. The summed E-state index contributed by atoms with van der Waals surface area (Å²) in [5, 5.41) is 0. The van der Waals surface area contributed by atoms with Crippen LogP contribution in [0.4, 0.5) is 0 Å². The second-order valence-electron chi connectivity index (χ2n) is 2.21. The zero-order valence-corrected chi connectivity index (χ0v) is 6.25. The van der Waals surface area contributed by atoms with Crippen LogP contribution in [0.15, 0.2) is 0 Å². The van der Waals surface area contributed by atoms with Crippen LogP contribution in [-0.2, 0) is 9.59 Å². The summed E-state index contributed by atoms with van der Waals surface area (Å²) in [6, 6.07) is 0. The van der Waals surface area contributed by atoms with Gasteiger partial charge in [-0.15, -0.1) is 0 Å². The molecule has 0 rings (SSSR count). The molecule has 0 atom stereocenters. The summed E-state index contributed by atoms with van der Waals surface area (Å²) < 4.78 is 0. The Morgan fingerprint density at radius 2 is 1.50 bits per heavy atom. The van der Waals surface area contributed by atoms with E-state index < -0.39 is 0 Å². The van der Waals surface area contributed by atoms with Gasteiger partial charge in [-0.05, 0) is 7.05 Å². The van der Waals surface area contributed by atoms with Crippen molar-refractivity contribution in [1.82, 2.24) is 4.90 Å². The third kappa shape index (κ3) is 5.44. The Morgan fingerprint density at radius 1 is 1.10 bits per heavy atom. The number of hydrogen-bond acceptors (Lipinski definition) is 3. The Morgan fingerprint density at radius 3 is 1.80 bits per heavy atom. The minimum absolute atomic E-state index is 0.551. The molecule has 0 aliphatic heterocycles. The largest absolute Gasteiger partial charge is 0.306 e. The monoisotopic (exact) mass is 143 g/mol. The van der Waals surface area contributed by atoms with Gasteiger partial charge in [-0.2, -0.15) is 0 Å². The van der Waals surface area contributed by atoms with Crippen LogP contribution >= 0.6 is 0 Å². The molecule has 0 fully saturated rings. The molecular formula is C7H13NO2. The molecule has 0 aromatic heterocycles. The van der Waals surface area contributed by atoms with Crippen LogP contribution in [-0.4, -0.2) is 37.6 Å². The average Bonchev–Trinajstić information content (AvgIpc) is 1.97. The van der Waals surface area contributed by atoms with E-state index in [2.05, 4.69) is 0 Å². The summed E-state index contributed by atoms with van der Waals surface area (Å²) in [6.45, 7) is 1.49. The molecule has 0 spiro atoms. The van der Waals surface area contributed by atoms with Gasteiger partial charge in [0.05, 0.1) is 0 Å². The van der Waals surface area contributed by atoms with Crippen LogP contribution < -0.4 is 0 Å². The Bertz CT molecular complexity index is 91.8. The Labute approximate surface area is 61.0 Å². The first-order valence-electron chi connectivity index (χ1n) is 3.37. The van der Waals surface area contributed by atoms with E-state index in [0.29, 0.717) is 12.8 Å². The third-order valence-corrected chi connectivity index (χ3v) is 1.26. The molecule has 0 saturated carbocycles. The Kier molecular flexibility index (Phi) is 5.97. The second kappa shape index (κ2) is 6.42. The SMILES string of the molecule is CN(CCC=O)CCC=O. The summed E-state index contributed by atoms with van der Waals surface area (Å²) in [5.74, 6) is 0. The van der Waals surface area contributed by atoms with E-state index in [1.54, 1.807) is 0 Å². The van der Waals surface area contributed by atoms with E-state index in [0.717, 1.165) is 25.7 Å². The first kappa shape index (κ1) is 9.30. The second-order valence-corrected chi connectivity index (χ2v) is 2.21. The lowest BCUT2D eigenvalue weighted by Crippen LogP contribution is -2.21. The molecule has 0 aromatic carbocycles. The van der Waals surface area contributed by atoms with Gasteiger partial charge in [0.25, 0.3) is 0 Å². The predicted octanol–water partition coefficient (Wildman–Crippen LogP) is 0.0962. The number of rotatable bonds is 6. The molecule has 0 aliphatic carbocycles. The van der Waals surface area contributed by atoms with Gasteiger partial charge in [0.15, 0.2) is 0 Å². The van der Waals surface area contributed by atoms with Gasteiger partial charge in [-0.1, -0.05) is 0 Å². The minimum atomic E-state index is 0.551. The highest BCUT2D eigenvalue weighted by Gasteiger charge is 1.94. The molecule has 0 aliphatic rings. The van der Waals surface area contributed by atoms with Crippen LogP contribution in [0.5, 0.6) is 0 Å². The molecule has 0 radical (unpaired) electrons. The van der Waals surface area contributed by atoms with Gasteiger partial charge in [-0.25, -0.2) is 0 Å². The standard InChI is InChI=1S/C7H13NO2/c1-8(4-2-6-9)5-3-7-10/h6-7H,2-5H2,1H3. The maximum atomic E-state index is 9.89. The Hall–Kier alpha value is -0.700. The van der Waals surface area contributed by atoms with Crippen molar-refractivity contribution in [1.29, 1.82) is 0 Å². The molecule has 0 bridgehead atoms. The molecule has 3 nitrogen and oxygen atoms in total. The van der Waals surface area contributed by atoms with Crippen LogP contribution in [0.3, 0.4) is 0 Å². The van der Waals surface area contributed by atoms with E-state index >= 15 is 0 Å². The molecular weight excluding hydrogens is 130 g/mol. The first-order chi connectivity index (χ1) is 4.81. The number of aldehydes is 2. The maximum Gasteiger partial charge on any atom is 0.121 e. The highest BCUT2D eigenvalue weighted by molar-refractivity contribution is 5.50. The number of carbonyl (C=O) groups excluding carboxylic acids is 2. The summed E-state index contributed by atoms with van der Waals surface area (Å²) in [5.41, 5.74) is 0. The molecule has 0 saturated heterocycles. The summed E-state index contributed by atoms with van der Waals surface area (Å²) >= 11 is 0. The Balaban J connectivity index is 3.15. The molecule has 0 aromatic rings. The summed E-state index contributed by atoms with van der Waals surface area (Å²) in [4.78, 5) is 21.7. The topological polar surface area (TPSA) is 37.4 Å². The van der Waals surface area contributed by atoms with Gasteiger partial charge >= 0.3 is 0 Å². The van der Waals surface area contributed by atoms with Gasteiger partial charge in [-0.3, -0.25) is 0 Å². The van der Waals surface area contributed by atoms with Crippen molar-refractivity contribution in [2.24, 2.45) is 0 Å². The van der Waals surface area contributed by atoms with Crippen molar-refractivity contribution < 1.29 is 9.59 Å².